The van der Waals surface area contributed by atoms with Gasteiger partial charge in [0.25, 0.3) is 0 Å². The van der Waals surface area contributed by atoms with Gasteiger partial charge in [-0.05, 0) is 32.8 Å². The average molecular weight is 249 g/mol. The Labute approximate surface area is 112 Å². The minimum absolute atomic E-state index is 0.330. The van der Waals surface area contributed by atoms with Gasteiger partial charge in [-0.15, -0.1) is 0 Å². The van der Waals surface area contributed by atoms with E-state index in [0.717, 1.165) is 5.75 Å². The SMILES string of the molecule is CCCC(CC)NC(C)c1cc(C)ccc1OC. The predicted octanol–water partition coefficient (Wildman–Crippen LogP) is 4.23. The molecule has 0 aromatic heterocycles. The van der Waals surface area contributed by atoms with Crippen LogP contribution in [-0.2, 0) is 0 Å². The Morgan fingerprint density at radius 2 is 2.00 bits per heavy atom. The fourth-order valence-electron chi connectivity index (χ4n) is 2.39. The van der Waals surface area contributed by atoms with Crippen LogP contribution in [0.25, 0.3) is 0 Å². The van der Waals surface area contributed by atoms with Gasteiger partial charge in [0.15, 0.2) is 0 Å². The fraction of sp³-hybridized carbons (Fsp3) is 0.625. The van der Waals surface area contributed by atoms with Crippen molar-refractivity contribution in [2.75, 3.05) is 7.11 Å². The third-order valence-corrected chi connectivity index (χ3v) is 3.47. The van der Waals surface area contributed by atoms with Gasteiger partial charge in [0.05, 0.1) is 7.11 Å². The first kappa shape index (κ1) is 15.0. The van der Waals surface area contributed by atoms with Gasteiger partial charge >= 0.3 is 0 Å². The molecule has 2 nitrogen and oxygen atoms in total. The molecule has 1 rings (SSSR count). The standard InChI is InChI=1S/C16H27NO/c1-6-8-14(7-2)17-13(4)15-11-12(3)9-10-16(15)18-5/h9-11,13-14,17H,6-8H2,1-5H3. The minimum Gasteiger partial charge on any atom is -0.496 e. The summed E-state index contributed by atoms with van der Waals surface area (Å²) >= 11 is 0. The van der Waals surface area contributed by atoms with Crippen LogP contribution in [0.5, 0.6) is 5.75 Å². The molecule has 0 bridgehead atoms. The van der Waals surface area contributed by atoms with Crippen LogP contribution < -0.4 is 10.1 Å². The second-order valence-corrected chi connectivity index (χ2v) is 5.03. The highest BCUT2D eigenvalue weighted by Gasteiger charge is 2.14. The quantitative estimate of drug-likeness (QED) is 0.780. The summed E-state index contributed by atoms with van der Waals surface area (Å²) in [6, 6.07) is 7.29. The third kappa shape index (κ3) is 4.02. The second-order valence-electron chi connectivity index (χ2n) is 5.03. The van der Waals surface area contributed by atoms with Crippen LogP contribution in [0, 0.1) is 6.92 Å². The van der Waals surface area contributed by atoms with Crippen LogP contribution in [0.4, 0.5) is 0 Å². The molecular formula is C16H27NO. The summed E-state index contributed by atoms with van der Waals surface area (Å²) in [6.07, 6.45) is 3.63. The molecule has 2 heteroatoms. The topological polar surface area (TPSA) is 21.3 Å². The van der Waals surface area contributed by atoms with E-state index in [9.17, 15) is 0 Å². The van der Waals surface area contributed by atoms with Crippen LogP contribution in [0.15, 0.2) is 18.2 Å². The monoisotopic (exact) mass is 249 g/mol. The first-order chi connectivity index (χ1) is 8.62. The van der Waals surface area contributed by atoms with Crippen molar-refractivity contribution in [1.82, 2.24) is 5.32 Å². The van der Waals surface area contributed by atoms with Crippen molar-refractivity contribution in [3.8, 4) is 5.75 Å². The number of ether oxygens (including phenoxy) is 1. The molecule has 2 unspecified atom stereocenters. The molecule has 102 valence electrons. The number of benzene rings is 1. The summed E-state index contributed by atoms with van der Waals surface area (Å²) in [4.78, 5) is 0. The van der Waals surface area contributed by atoms with Crippen LogP contribution in [0.1, 0.15) is 57.2 Å². The molecule has 18 heavy (non-hydrogen) atoms. The molecule has 1 aromatic rings. The molecule has 0 saturated heterocycles. The number of aryl methyl sites for hydroxylation is 1. The summed E-state index contributed by atoms with van der Waals surface area (Å²) in [5.41, 5.74) is 2.54. The number of nitrogens with one attached hydrogen (secondary N) is 1. The van der Waals surface area contributed by atoms with Crippen molar-refractivity contribution >= 4 is 0 Å². The van der Waals surface area contributed by atoms with E-state index in [-0.39, 0.29) is 0 Å². The zero-order chi connectivity index (χ0) is 13.5. The van der Waals surface area contributed by atoms with E-state index in [1.54, 1.807) is 7.11 Å². The van der Waals surface area contributed by atoms with E-state index >= 15 is 0 Å². The highest BCUT2D eigenvalue weighted by Crippen LogP contribution is 2.26. The normalized spacial score (nSPS) is 14.3. The van der Waals surface area contributed by atoms with Crippen LogP contribution in [0.2, 0.25) is 0 Å². The maximum atomic E-state index is 5.46. The van der Waals surface area contributed by atoms with Gasteiger partial charge in [-0.25, -0.2) is 0 Å². The van der Waals surface area contributed by atoms with E-state index in [0.29, 0.717) is 12.1 Å². The van der Waals surface area contributed by atoms with Crippen LogP contribution in [-0.4, -0.2) is 13.2 Å². The minimum atomic E-state index is 0.330. The summed E-state index contributed by atoms with van der Waals surface area (Å²) in [7, 11) is 1.74. The molecule has 2 atom stereocenters. The van der Waals surface area contributed by atoms with Crippen molar-refractivity contribution < 1.29 is 4.74 Å². The zero-order valence-corrected chi connectivity index (χ0v) is 12.4. The van der Waals surface area contributed by atoms with Gasteiger partial charge in [-0.1, -0.05) is 38.0 Å². The zero-order valence-electron chi connectivity index (χ0n) is 12.4. The lowest BCUT2D eigenvalue weighted by atomic mass is 10.0. The Morgan fingerprint density at radius 3 is 2.56 bits per heavy atom. The molecule has 0 aliphatic heterocycles. The maximum Gasteiger partial charge on any atom is 0.123 e. The molecule has 0 aliphatic carbocycles. The van der Waals surface area contributed by atoms with Gasteiger partial charge in [-0.3, -0.25) is 0 Å². The molecule has 0 spiro atoms. The Balaban J connectivity index is 2.81. The molecule has 0 heterocycles. The Bertz CT molecular complexity index is 362. The molecule has 1 aromatic carbocycles. The third-order valence-electron chi connectivity index (χ3n) is 3.47. The van der Waals surface area contributed by atoms with E-state index < -0.39 is 0 Å². The average Bonchev–Trinajstić information content (AvgIpc) is 2.38. The lowest BCUT2D eigenvalue weighted by Crippen LogP contribution is -2.31. The van der Waals surface area contributed by atoms with Crippen molar-refractivity contribution in [3.63, 3.8) is 0 Å². The van der Waals surface area contributed by atoms with E-state index in [1.165, 1.54) is 30.4 Å². The lowest BCUT2D eigenvalue weighted by molar-refractivity contribution is 0.382. The smallest absolute Gasteiger partial charge is 0.123 e. The van der Waals surface area contributed by atoms with Gasteiger partial charge in [0.2, 0.25) is 0 Å². The lowest BCUT2D eigenvalue weighted by Gasteiger charge is -2.24. The van der Waals surface area contributed by atoms with Crippen LogP contribution in [0.3, 0.4) is 0 Å². The summed E-state index contributed by atoms with van der Waals surface area (Å²) in [5.74, 6) is 0.979. The molecule has 0 fully saturated rings. The molecule has 0 amide bonds. The van der Waals surface area contributed by atoms with Gasteiger partial charge in [-0.2, -0.15) is 0 Å². The van der Waals surface area contributed by atoms with E-state index in [1.807, 2.05) is 0 Å². The summed E-state index contributed by atoms with van der Waals surface area (Å²) in [6.45, 7) is 8.82. The fourth-order valence-corrected chi connectivity index (χ4v) is 2.39. The van der Waals surface area contributed by atoms with E-state index in [2.05, 4.69) is 51.2 Å². The van der Waals surface area contributed by atoms with Crippen LogP contribution >= 0.6 is 0 Å². The number of hydrogen-bond donors (Lipinski definition) is 1. The largest absolute Gasteiger partial charge is 0.496 e. The Kier molecular flexibility index (Phi) is 6.20. The first-order valence-corrected chi connectivity index (χ1v) is 7.02. The molecule has 0 aliphatic rings. The van der Waals surface area contributed by atoms with Gasteiger partial charge in [0, 0.05) is 17.6 Å². The number of rotatable bonds is 7. The molecule has 1 N–H and O–H groups in total. The van der Waals surface area contributed by atoms with Crippen molar-refractivity contribution in [2.45, 2.75) is 59.0 Å². The Hall–Kier alpha value is -1.02. The second kappa shape index (κ2) is 7.42. The summed E-state index contributed by atoms with van der Waals surface area (Å²) in [5, 5.41) is 3.71. The molecule has 0 saturated carbocycles. The van der Waals surface area contributed by atoms with Crippen molar-refractivity contribution in [2.24, 2.45) is 0 Å². The highest BCUT2D eigenvalue weighted by molar-refractivity contribution is 5.38. The predicted molar refractivity (Wildman–Crippen MR) is 78.3 cm³/mol. The maximum absolute atomic E-state index is 5.46. The molecular weight excluding hydrogens is 222 g/mol. The van der Waals surface area contributed by atoms with Crippen molar-refractivity contribution in [1.29, 1.82) is 0 Å². The van der Waals surface area contributed by atoms with Gasteiger partial charge < -0.3 is 10.1 Å². The number of hydrogen-bond acceptors (Lipinski definition) is 2. The number of methoxy groups -OCH3 is 1. The first-order valence-electron chi connectivity index (χ1n) is 7.02. The highest BCUT2D eigenvalue weighted by atomic mass is 16.5. The Morgan fingerprint density at radius 1 is 1.28 bits per heavy atom. The molecule has 0 radical (unpaired) electrons. The van der Waals surface area contributed by atoms with Crippen molar-refractivity contribution in [3.05, 3.63) is 29.3 Å². The summed E-state index contributed by atoms with van der Waals surface area (Å²) < 4.78 is 5.46. The van der Waals surface area contributed by atoms with Gasteiger partial charge in [0.1, 0.15) is 5.75 Å². The van der Waals surface area contributed by atoms with E-state index in [4.69, 9.17) is 4.74 Å².